The van der Waals surface area contributed by atoms with Gasteiger partial charge in [-0.25, -0.2) is 4.39 Å². The molecule has 5 nitrogen and oxygen atoms in total. The molecule has 2 aromatic heterocycles. The van der Waals surface area contributed by atoms with Crippen LogP contribution in [0.15, 0.2) is 55.0 Å². The van der Waals surface area contributed by atoms with Gasteiger partial charge >= 0.3 is 0 Å². The topological polar surface area (TPSA) is 59.3 Å². The van der Waals surface area contributed by atoms with E-state index in [1.165, 1.54) is 18.2 Å². The third-order valence-corrected chi connectivity index (χ3v) is 2.86. The SMILES string of the molecule is O=C(/C=C/c1ccc(F)cc1)Nc1ccc2nncn2c1. The molecule has 1 N–H and O–H groups in total. The standard InChI is InChI=1S/C15H11FN4O/c16-12-4-1-11(2-5-12)3-8-15(21)18-13-6-7-14-19-17-10-20(14)9-13/h1-10H,(H,18,21)/b8-3+. The highest BCUT2D eigenvalue weighted by Crippen LogP contribution is 2.09. The third kappa shape index (κ3) is 3.11. The normalized spacial score (nSPS) is 11.1. The number of aromatic nitrogens is 3. The molecule has 6 heteroatoms. The Hall–Kier alpha value is -3.02. The van der Waals surface area contributed by atoms with E-state index in [9.17, 15) is 9.18 Å². The average molecular weight is 282 g/mol. The molecule has 0 aliphatic heterocycles. The van der Waals surface area contributed by atoms with E-state index >= 15 is 0 Å². The van der Waals surface area contributed by atoms with Gasteiger partial charge in [-0.1, -0.05) is 12.1 Å². The fourth-order valence-corrected chi connectivity index (χ4v) is 1.83. The summed E-state index contributed by atoms with van der Waals surface area (Å²) in [6.45, 7) is 0. The van der Waals surface area contributed by atoms with Gasteiger partial charge < -0.3 is 5.32 Å². The number of rotatable bonds is 3. The molecule has 0 saturated heterocycles. The van der Waals surface area contributed by atoms with Crippen LogP contribution in [0.5, 0.6) is 0 Å². The molecular weight excluding hydrogens is 271 g/mol. The highest BCUT2D eigenvalue weighted by molar-refractivity contribution is 6.01. The highest BCUT2D eigenvalue weighted by atomic mass is 19.1. The molecule has 0 aliphatic rings. The number of hydrogen-bond donors (Lipinski definition) is 1. The van der Waals surface area contributed by atoms with Crippen molar-refractivity contribution in [3.8, 4) is 0 Å². The predicted octanol–water partition coefficient (Wildman–Crippen LogP) is 2.52. The van der Waals surface area contributed by atoms with Crippen LogP contribution in [0, 0.1) is 5.82 Å². The molecule has 104 valence electrons. The minimum Gasteiger partial charge on any atom is -0.321 e. The van der Waals surface area contributed by atoms with Crippen LogP contribution < -0.4 is 5.32 Å². The Morgan fingerprint density at radius 2 is 2.00 bits per heavy atom. The van der Waals surface area contributed by atoms with Crippen LogP contribution >= 0.6 is 0 Å². The number of carbonyl (C=O) groups excluding carboxylic acids is 1. The van der Waals surface area contributed by atoms with E-state index in [0.717, 1.165) is 5.56 Å². The monoisotopic (exact) mass is 282 g/mol. The molecule has 0 atom stereocenters. The summed E-state index contributed by atoms with van der Waals surface area (Å²) in [6.07, 6.45) is 6.29. The van der Waals surface area contributed by atoms with Gasteiger partial charge in [0.25, 0.3) is 0 Å². The molecule has 1 amide bonds. The molecule has 0 fully saturated rings. The van der Waals surface area contributed by atoms with Gasteiger partial charge in [0.2, 0.25) is 5.91 Å². The zero-order chi connectivity index (χ0) is 14.7. The number of nitrogens with zero attached hydrogens (tertiary/aromatic N) is 3. The van der Waals surface area contributed by atoms with Crippen molar-refractivity contribution in [2.75, 3.05) is 5.32 Å². The van der Waals surface area contributed by atoms with Crippen molar-refractivity contribution >= 4 is 23.3 Å². The van der Waals surface area contributed by atoms with E-state index in [2.05, 4.69) is 15.5 Å². The molecule has 2 heterocycles. The smallest absolute Gasteiger partial charge is 0.248 e. The maximum atomic E-state index is 12.8. The first kappa shape index (κ1) is 13.0. The van der Waals surface area contributed by atoms with E-state index in [1.54, 1.807) is 47.3 Å². The largest absolute Gasteiger partial charge is 0.321 e. The van der Waals surface area contributed by atoms with Gasteiger partial charge in [0, 0.05) is 12.3 Å². The van der Waals surface area contributed by atoms with Crippen molar-refractivity contribution in [3.05, 3.63) is 66.4 Å². The van der Waals surface area contributed by atoms with Crippen molar-refractivity contribution < 1.29 is 9.18 Å². The van der Waals surface area contributed by atoms with Crippen molar-refractivity contribution in [2.24, 2.45) is 0 Å². The van der Waals surface area contributed by atoms with E-state index in [-0.39, 0.29) is 11.7 Å². The van der Waals surface area contributed by atoms with Crippen LogP contribution in [0.1, 0.15) is 5.56 Å². The third-order valence-electron chi connectivity index (χ3n) is 2.86. The number of pyridine rings is 1. The Morgan fingerprint density at radius 3 is 2.81 bits per heavy atom. The van der Waals surface area contributed by atoms with Gasteiger partial charge in [-0.05, 0) is 35.9 Å². The first-order chi connectivity index (χ1) is 10.2. The molecule has 0 aliphatic carbocycles. The van der Waals surface area contributed by atoms with Crippen LogP contribution in [0.2, 0.25) is 0 Å². The Bertz CT molecular complexity index is 808. The molecule has 0 radical (unpaired) electrons. The van der Waals surface area contributed by atoms with Crippen molar-refractivity contribution in [1.82, 2.24) is 14.6 Å². The summed E-state index contributed by atoms with van der Waals surface area (Å²) in [4.78, 5) is 11.8. The maximum absolute atomic E-state index is 12.8. The molecule has 21 heavy (non-hydrogen) atoms. The predicted molar refractivity (Wildman–Crippen MR) is 77.1 cm³/mol. The molecule has 0 bridgehead atoms. The lowest BCUT2D eigenvalue weighted by Gasteiger charge is -2.02. The number of anilines is 1. The Labute approximate surface area is 119 Å². The van der Waals surface area contributed by atoms with Gasteiger partial charge in [-0.15, -0.1) is 10.2 Å². The lowest BCUT2D eigenvalue weighted by atomic mass is 10.2. The second kappa shape index (κ2) is 5.54. The molecule has 3 rings (SSSR count). The fourth-order valence-electron chi connectivity index (χ4n) is 1.83. The fraction of sp³-hybridized carbons (Fsp3) is 0. The summed E-state index contributed by atoms with van der Waals surface area (Å²) in [5, 5.41) is 10.4. The highest BCUT2D eigenvalue weighted by Gasteiger charge is 2.00. The number of carbonyl (C=O) groups is 1. The average Bonchev–Trinajstić information content (AvgIpc) is 2.94. The van der Waals surface area contributed by atoms with E-state index in [0.29, 0.717) is 11.3 Å². The van der Waals surface area contributed by atoms with Crippen LogP contribution in [0.3, 0.4) is 0 Å². The number of halogens is 1. The number of fused-ring (bicyclic) bond motifs is 1. The summed E-state index contributed by atoms with van der Waals surface area (Å²) < 4.78 is 14.5. The summed E-state index contributed by atoms with van der Waals surface area (Å²) >= 11 is 0. The first-order valence-electron chi connectivity index (χ1n) is 6.25. The van der Waals surface area contributed by atoms with Crippen molar-refractivity contribution in [1.29, 1.82) is 0 Å². The zero-order valence-corrected chi connectivity index (χ0v) is 10.9. The summed E-state index contributed by atoms with van der Waals surface area (Å²) in [6, 6.07) is 9.39. The Morgan fingerprint density at radius 1 is 1.19 bits per heavy atom. The van der Waals surface area contributed by atoms with Crippen LogP contribution in [-0.4, -0.2) is 20.5 Å². The van der Waals surface area contributed by atoms with Crippen LogP contribution in [0.4, 0.5) is 10.1 Å². The summed E-state index contributed by atoms with van der Waals surface area (Å²) in [5.74, 6) is -0.578. The zero-order valence-electron chi connectivity index (χ0n) is 10.9. The molecule has 1 aromatic carbocycles. The number of amides is 1. The van der Waals surface area contributed by atoms with Gasteiger partial charge in [0.05, 0.1) is 5.69 Å². The second-order valence-corrected chi connectivity index (χ2v) is 4.39. The summed E-state index contributed by atoms with van der Waals surface area (Å²) in [5.41, 5.74) is 2.09. The Kier molecular flexibility index (Phi) is 3.42. The number of benzene rings is 1. The van der Waals surface area contributed by atoms with Crippen LogP contribution in [-0.2, 0) is 4.79 Å². The van der Waals surface area contributed by atoms with E-state index < -0.39 is 0 Å². The van der Waals surface area contributed by atoms with Gasteiger partial charge in [0.1, 0.15) is 12.1 Å². The van der Waals surface area contributed by atoms with Gasteiger partial charge in [-0.3, -0.25) is 9.20 Å². The minimum atomic E-state index is -0.307. The van der Waals surface area contributed by atoms with Gasteiger partial charge in [-0.2, -0.15) is 0 Å². The first-order valence-corrected chi connectivity index (χ1v) is 6.25. The van der Waals surface area contributed by atoms with Crippen molar-refractivity contribution in [2.45, 2.75) is 0 Å². The maximum Gasteiger partial charge on any atom is 0.248 e. The number of nitrogens with one attached hydrogen (secondary N) is 1. The van der Waals surface area contributed by atoms with Gasteiger partial charge in [0.15, 0.2) is 5.65 Å². The van der Waals surface area contributed by atoms with E-state index in [4.69, 9.17) is 0 Å². The second-order valence-electron chi connectivity index (χ2n) is 4.39. The van der Waals surface area contributed by atoms with Crippen LogP contribution in [0.25, 0.3) is 11.7 Å². The quantitative estimate of drug-likeness (QED) is 0.751. The number of hydrogen-bond acceptors (Lipinski definition) is 3. The van der Waals surface area contributed by atoms with Crippen molar-refractivity contribution in [3.63, 3.8) is 0 Å². The Balaban J connectivity index is 1.69. The lowest BCUT2D eigenvalue weighted by Crippen LogP contribution is -2.08. The molecule has 0 unspecified atom stereocenters. The molecule has 0 saturated carbocycles. The minimum absolute atomic E-state index is 0.272. The molecule has 0 spiro atoms. The summed E-state index contributed by atoms with van der Waals surface area (Å²) in [7, 11) is 0. The lowest BCUT2D eigenvalue weighted by molar-refractivity contribution is -0.111. The molecule has 3 aromatic rings. The van der Waals surface area contributed by atoms with E-state index in [1.807, 2.05) is 0 Å². The molecular formula is C15H11FN4O.